The van der Waals surface area contributed by atoms with Crippen molar-refractivity contribution in [2.24, 2.45) is 0 Å². The predicted molar refractivity (Wildman–Crippen MR) is 50.2 cm³/mol. The molecule has 1 rings (SSSR count). The highest BCUT2D eigenvalue weighted by Gasteiger charge is 2.13. The van der Waals surface area contributed by atoms with Crippen molar-refractivity contribution >= 4 is 27.7 Å². The van der Waals surface area contributed by atoms with Crippen molar-refractivity contribution in [3.8, 4) is 0 Å². The number of ether oxygens (including phenoxy) is 1. The van der Waals surface area contributed by atoms with E-state index in [4.69, 9.17) is 5.73 Å². The molecular weight excluding hydrogens is 238 g/mol. The molecule has 13 heavy (non-hydrogen) atoms. The number of carbonyl (C=O) groups excluding carboxylic acids is 1. The van der Waals surface area contributed by atoms with E-state index in [1.54, 1.807) is 6.92 Å². The van der Waals surface area contributed by atoms with Gasteiger partial charge in [-0.05, 0) is 22.9 Å². The average Bonchev–Trinajstić information content (AvgIpc) is 2.12. The largest absolute Gasteiger partial charge is 0.463 e. The fourth-order valence-electron chi connectivity index (χ4n) is 0.764. The van der Waals surface area contributed by atoms with Crippen LogP contribution in [0.25, 0.3) is 0 Å². The molecule has 1 aromatic heterocycles. The molecule has 0 radical (unpaired) electrons. The lowest BCUT2D eigenvalue weighted by Gasteiger charge is -2.03. The van der Waals surface area contributed by atoms with Gasteiger partial charge < -0.3 is 10.5 Å². The van der Waals surface area contributed by atoms with E-state index in [1.807, 2.05) is 0 Å². The van der Waals surface area contributed by atoms with Crippen LogP contribution in [0.5, 0.6) is 0 Å². The molecule has 70 valence electrons. The van der Waals surface area contributed by atoms with Gasteiger partial charge in [0.05, 0.1) is 17.3 Å². The maximum Gasteiger partial charge on any atom is 0.376 e. The summed E-state index contributed by atoms with van der Waals surface area (Å²) in [6, 6.07) is 0. The van der Waals surface area contributed by atoms with Gasteiger partial charge in [0.15, 0.2) is 0 Å². The van der Waals surface area contributed by atoms with Gasteiger partial charge in [0.2, 0.25) is 5.82 Å². The molecule has 0 bridgehead atoms. The third-order valence-corrected chi connectivity index (χ3v) is 2.39. The highest BCUT2D eigenvalue weighted by molar-refractivity contribution is 9.10. The summed E-state index contributed by atoms with van der Waals surface area (Å²) < 4.78 is 5.05. The van der Waals surface area contributed by atoms with E-state index in [9.17, 15) is 4.79 Å². The molecular formula is C7H8BrN3O2. The maximum absolute atomic E-state index is 11.0. The summed E-state index contributed by atoms with van der Waals surface area (Å²) in [4.78, 5) is 18.7. The molecule has 1 aromatic rings. The molecule has 0 aliphatic carbocycles. The van der Waals surface area contributed by atoms with Gasteiger partial charge in [-0.25, -0.2) is 14.8 Å². The quantitative estimate of drug-likeness (QED) is 0.745. The number of nitrogens with two attached hydrogens (primary N) is 1. The number of aromatic nitrogens is 2. The summed E-state index contributed by atoms with van der Waals surface area (Å²) in [5.41, 5.74) is 6.11. The number of hydrogen-bond acceptors (Lipinski definition) is 5. The molecule has 0 aromatic carbocycles. The smallest absolute Gasteiger partial charge is 0.376 e. The second kappa shape index (κ2) is 3.69. The fraction of sp³-hybridized carbons (Fsp3) is 0.286. The van der Waals surface area contributed by atoms with Crippen LogP contribution in [0.3, 0.4) is 0 Å². The number of esters is 1. The number of rotatable bonds is 1. The highest BCUT2D eigenvalue weighted by Crippen LogP contribution is 2.19. The molecule has 0 saturated heterocycles. The van der Waals surface area contributed by atoms with Gasteiger partial charge in [0, 0.05) is 0 Å². The minimum atomic E-state index is -0.595. The van der Waals surface area contributed by atoms with Gasteiger partial charge in [-0.2, -0.15) is 0 Å². The molecule has 0 aliphatic heterocycles. The fourth-order valence-corrected chi connectivity index (χ4v) is 0.941. The van der Waals surface area contributed by atoms with Crippen molar-refractivity contribution < 1.29 is 9.53 Å². The monoisotopic (exact) mass is 245 g/mol. The Hall–Kier alpha value is -1.17. The van der Waals surface area contributed by atoms with E-state index in [0.29, 0.717) is 10.2 Å². The zero-order chi connectivity index (χ0) is 10.0. The summed E-state index contributed by atoms with van der Waals surface area (Å²) in [6.07, 6.45) is 0. The van der Waals surface area contributed by atoms with Gasteiger partial charge in [-0.15, -0.1) is 0 Å². The Kier molecular flexibility index (Phi) is 2.82. The first-order valence-electron chi connectivity index (χ1n) is 3.44. The second-order valence-corrected chi connectivity index (χ2v) is 3.12. The van der Waals surface area contributed by atoms with Crippen LogP contribution in [-0.4, -0.2) is 23.0 Å². The number of hydrogen-bond donors (Lipinski definition) is 1. The summed E-state index contributed by atoms with van der Waals surface area (Å²) in [5.74, 6) is -0.393. The van der Waals surface area contributed by atoms with Crippen LogP contribution in [0.15, 0.2) is 4.47 Å². The molecule has 2 N–H and O–H groups in total. The Morgan fingerprint density at radius 1 is 1.54 bits per heavy atom. The van der Waals surface area contributed by atoms with E-state index < -0.39 is 5.97 Å². The van der Waals surface area contributed by atoms with Crippen LogP contribution in [0, 0.1) is 6.92 Å². The van der Waals surface area contributed by atoms with Crippen molar-refractivity contribution in [2.75, 3.05) is 12.8 Å². The van der Waals surface area contributed by atoms with Crippen LogP contribution in [0.2, 0.25) is 0 Å². The summed E-state index contributed by atoms with van der Waals surface area (Å²) in [5, 5.41) is 0. The maximum atomic E-state index is 11.0. The van der Waals surface area contributed by atoms with E-state index in [-0.39, 0.29) is 11.6 Å². The highest BCUT2D eigenvalue weighted by atomic mass is 79.9. The van der Waals surface area contributed by atoms with Crippen LogP contribution >= 0.6 is 15.9 Å². The zero-order valence-corrected chi connectivity index (χ0v) is 8.75. The van der Waals surface area contributed by atoms with Crippen LogP contribution < -0.4 is 5.73 Å². The molecule has 0 unspecified atom stereocenters. The molecule has 1 heterocycles. The van der Waals surface area contributed by atoms with Crippen LogP contribution in [-0.2, 0) is 4.74 Å². The molecule has 0 fully saturated rings. The Morgan fingerprint density at radius 2 is 2.15 bits per heavy atom. The van der Waals surface area contributed by atoms with Crippen molar-refractivity contribution in [1.82, 2.24) is 9.97 Å². The van der Waals surface area contributed by atoms with Gasteiger partial charge in [-0.3, -0.25) is 0 Å². The molecule has 6 heteroatoms. The van der Waals surface area contributed by atoms with E-state index in [2.05, 4.69) is 30.6 Å². The van der Waals surface area contributed by atoms with Crippen molar-refractivity contribution in [1.29, 1.82) is 0 Å². The van der Waals surface area contributed by atoms with Gasteiger partial charge in [0.1, 0.15) is 5.82 Å². The molecule has 5 nitrogen and oxygen atoms in total. The summed E-state index contributed by atoms with van der Waals surface area (Å²) in [7, 11) is 1.26. The Morgan fingerprint density at radius 3 is 2.62 bits per heavy atom. The molecule has 0 spiro atoms. The first-order chi connectivity index (χ1) is 6.06. The topological polar surface area (TPSA) is 78.1 Å². The predicted octanol–water partition coefficient (Wildman–Crippen LogP) is 0.916. The average molecular weight is 246 g/mol. The minimum absolute atomic E-state index is 0.0271. The van der Waals surface area contributed by atoms with Crippen molar-refractivity contribution in [3.63, 3.8) is 0 Å². The summed E-state index contributed by atoms with van der Waals surface area (Å²) >= 11 is 3.18. The minimum Gasteiger partial charge on any atom is -0.463 e. The van der Waals surface area contributed by atoms with Gasteiger partial charge in [-0.1, -0.05) is 0 Å². The number of anilines is 1. The normalized spacial score (nSPS) is 9.77. The standard InChI is InChI=1S/C7H8BrN3O2/c1-3-4(8)5(9)11-6(10-3)7(12)13-2/h1-2H3,(H2,9,10,11). The first kappa shape index (κ1) is 9.91. The number of aryl methyl sites for hydroxylation is 1. The lowest BCUT2D eigenvalue weighted by atomic mass is 10.4. The lowest BCUT2D eigenvalue weighted by molar-refractivity contribution is 0.0586. The Bertz CT molecular complexity index is 331. The van der Waals surface area contributed by atoms with Gasteiger partial charge in [0.25, 0.3) is 0 Å². The van der Waals surface area contributed by atoms with E-state index >= 15 is 0 Å². The number of methoxy groups -OCH3 is 1. The SMILES string of the molecule is COC(=O)c1nc(C)c(Br)c(N)n1. The Labute approximate surface area is 83.4 Å². The Balaban J connectivity index is 3.20. The molecule has 0 atom stereocenters. The summed E-state index contributed by atoms with van der Waals surface area (Å²) in [6.45, 7) is 1.72. The molecule has 0 aliphatic rings. The van der Waals surface area contributed by atoms with E-state index in [1.165, 1.54) is 7.11 Å². The zero-order valence-electron chi connectivity index (χ0n) is 7.17. The van der Waals surface area contributed by atoms with E-state index in [0.717, 1.165) is 0 Å². The number of nitrogen functional groups attached to an aromatic ring is 1. The molecule has 0 saturated carbocycles. The van der Waals surface area contributed by atoms with Crippen LogP contribution in [0.4, 0.5) is 5.82 Å². The third kappa shape index (κ3) is 1.95. The second-order valence-electron chi connectivity index (χ2n) is 2.32. The number of halogens is 1. The third-order valence-electron chi connectivity index (χ3n) is 1.41. The van der Waals surface area contributed by atoms with Crippen molar-refractivity contribution in [2.45, 2.75) is 6.92 Å². The number of nitrogens with zero attached hydrogens (tertiary/aromatic N) is 2. The molecule has 0 amide bonds. The lowest BCUT2D eigenvalue weighted by Crippen LogP contribution is -2.10. The van der Waals surface area contributed by atoms with Gasteiger partial charge >= 0.3 is 5.97 Å². The van der Waals surface area contributed by atoms with Crippen LogP contribution in [0.1, 0.15) is 16.3 Å². The number of carbonyl (C=O) groups is 1. The van der Waals surface area contributed by atoms with Crippen molar-refractivity contribution in [3.05, 3.63) is 16.0 Å². The first-order valence-corrected chi connectivity index (χ1v) is 4.23.